The molecule has 7 heteroatoms. The summed E-state index contributed by atoms with van der Waals surface area (Å²) in [7, 11) is 0. The van der Waals surface area contributed by atoms with Gasteiger partial charge in [0.2, 0.25) is 0 Å². The molecule has 0 bridgehead atoms. The average Bonchev–Trinajstić information content (AvgIpc) is 2.65. The number of aliphatic carboxylic acids is 1. The Balaban J connectivity index is 1.99. The first kappa shape index (κ1) is 21.5. The summed E-state index contributed by atoms with van der Waals surface area (Å²) in [5.74, 6) is -0.569. The quantitative estimate of drug-likeness (QED) is 0.504. The van der Waals surface area contributed by atoms with Gasteiger partial charge < -0.3 is 19.6 Å². The molecule has 28 heavy (non-hydrogen) atoms. The van der Waals surface area contributed by atoms with Crippen molar-refractivity contribution < 1.29 is 23.8 Å². The van der Waals surface area contributed by atoms with Crippen LogP contribution >= 0.6 is 0 Å². The first-order valence-electron chi connectivity index (χ1n) is 9.42. The topological polar surface area (TPSA) is 106 Å². The van der Waals surface area contributed by atoms with Crippen LogP contribution in [0.2, 0.25) is 0 Å². The maximum atomic E-state index is 12.2. The summed E-state index contributed by atoms with van der Waals surface area (Å²) in [6, 6.07) is 3.61. The molecular formula is C21H27NO6. The molecule has 1 unspecified atom stereocenters. The molecule has 1 amide bonds. The number of carbonyl (C=O) groups excluding carboxylic acids is 1. The van der Waals surface area contributed by atoms with E-state index in [9.17, 15) is 14.4 Å². The molecule has 0 saturated carbocycles. The number of benzene rings is 1. The second-order valence-corrected chi connectivity index (χ2v) is 6.96. The number of nitrogens with one attached hydrogen (secondary N) is 1. The third-order valence-corrected chi connectivity index (χ3v) is 4.86. The number of hydrogen-bond acceptors (Lipinski definition) is 5. The summed E-state index contributed by atoms with van der Waals surface area (Å²) in [5.41, 5.74) is 2.22. The molecule has 0 spiro atoms. The van der Waals surface area contributed by atoms with Crippen LogP contribution in [0.1, 0.15) is 49.3 Å². The highest BCUT2D eigenvalue weighted by Crippen LogP contribution is 2.29. The average molecular weight is 389 g/mol. The Morgan fingerprint density at radius 3 is 2.50 bits per heavy atom. The summed E-state index contributed by atoms with van der Waals surface area (Å²) in [4.78, 5) is 34.6. The fraction of sp³-hybridized carbons (Fsp3) is 0.476. The standard InChI is InChI=1S/C21H27NO6/c1-12-13(2)21(26)28-19-14(3)17(10-9-16(12)19)27-15(4)20(25)22-11-7-5-6-8-18(23)24/h9-10,15H,5-8,11H2,1-4H3,(H,22,25)(H,23,24). The molecule has 1 heterocycles. The van der Waals surface area contributed by atoms with Crippen LogP contribution in [0, 0.1) is 20.8 Å². The van der Waals surface area contributed by atoms with Gasteiger partial charge in [-0.2, -0.15) is 0 Å². The summed E-state index contributed by atoms with van der Waals surface area (Å²) in [6.07, 6.45) is 1.48. The van der Waals surface area contributed by atoms with E-state index in [1.54, 1.807) is 26.8 Å². The number of rotatable bonds is 9. The van der Waals surface area contributed by atoms with Gasteiger partial charge in [-0.15, -0.1) is 0 Å². The Morgan fingerprint density at radius 1 is 1.11 bits per heavy atom. The maximum Gasteiger partial charge on any atom is 0.339 e. The van der Waals surface area contributed by atoms with Crippen molar-refractivity contribution in [1.82, 2.24) is 5.32 Å². The van der Waals surface area contributed by atoms with Crippen molar-refractivity contribution in [2.24, 2.45) is 0 Å². The van der Waals surface area contributed by atoms with E-state index in [0.717, 1.165) is 17.4 Å². The Labute approximate surface area is 163 Å². The minimum absolute atomic E-state index is 0.143. The van der Waals surface area contributed by atoms with Gasteiger partial charge in [-0.1, -0.05) is 6.42 Å². The summed E-state index contributed by atoms with van der Waals surface area (Å²) < 4.78 is 11.2. The van der Waals surface area contributed by atoms with Crippen molar-refractivity contribution >= 4 is 22.8 Å². The van der Waals surface area contributed by atoms with E-state index < -0.39 is 12.1 Å². The minimum Gasteiger partial charge on any atom is -0.481 e. The van der Waals surface area contributed by atoms with Gasteiger partial charge >= 0.3 is 11.6 Å². The third-order valence-electron chi connectivity index (χ3n) is 4.86. The van der Waals surface area contributed by atoms with Gasteiger partial charge in [-0.25, -0.2) is 4.79 Å². The molecule has 1 aromatic carbocycles. The van der Waals surface area contributed by atoms with E-state index in [1.165, 1.54) is 0 Å². The summed E-state index contributed by atoms with van der Waals surface area (Å²) in [5, 5.41) is 12.2. The number of carbonyl (C=O) groups is 2. The number of fused-ring (bicyclic) bond motifs is 1. The predicted molar refractivity (Wildman–Crippen MR) is 106 cm³/mol. The fourth-order valence-corrected chi connectivity index (χ4v) is 2.93. The van der Waals surface area contributed by atoms with E-state index in [4.69, 9.17) is 14.3 Å². The molecular weight excluding hydrogens is 362 g/mol. The van der Waals surface area contributed by atoms with Crippen LogP contribution < -0.4 is 15.7 Å². The van der Waals surface area contributed by atoms with E-state index in [2.05, 4.69) is 5.32 Å². The van der Waals surface area contributed by atoms with Crippen molar-refractivity contribution in [2.75, 3.05) is 6.54 Å². The second kappa shape index (κ2) is 9.39. The Bertz CT molecular complexity index is 931. The van der Waals surface area contributed by atoms with Crippen molar-refractivity contribution in [3.8, 4) is 5.75 Å². The molecule has 152 valence electrons. The molecule has 1 atom stereocenters. The molecule has 0 aliphatic heterocycles. The number of hydrogen-bond donors (Lipinski definition) is 2. The highest BCUT2D eigenvalue weighted by Gasteiger charge is 2.18. The third kappa shape index (κ3) is 5.12. The number of carboxylic acids is 1. The Hall–Kier alpha value is -2.83. The van der Waals surface area contributed by atoms with E-state index in [-0.39, 0.29) is 18.0 Å². The SMILES string of the molecule is Cc1c(C)c2ccc(OC(C)C(=O)NCCCCCC(=O)O)c(C)c2oc1=O. The first-order valence-corrected chi connectivity index (χ1v) is 9.42. The number of unbranched alkanes of at least 4 members (excludes halogenated alkanes) is 2. The number of carboxylic acid groups (broad SMARTS) is 1. The molecule has 2 aromatic rings. The van der Waals surface area contributed by atoms with Gasteiger partial charge in [0.1, 0.15) is 11.3 Å². The second-order valence-electron chi connectivity index (χ2n) is 6.96. The lowest BCUT2D eigenvalue weighted by Crippen LogP contribution is -2.36. The lowest BCUT2D eigenvalue weighted by atomic mass is 10.0. The smallest absolute Gasteiger partial charge is 0.339 e. The largest absolute Gasteiger partial charge is 0.481 e. The van der Waals surface area contributed by atoms with Crippen LogP contribution in [0.15, 0.2) is 21.3 Å². The minimum atomic E-state index is -0.807. The fourth-order valence-electron chi connectivity index (χ4n) is 2.93. The predicted octanol–water partition coefficient (Wildman–Crippen LogP) is 3.25. The van der Waals surface area contributed by atoms with Crippen LogP contribution in [0.4, 0.5) is 0 Å². The molecule has 0 radical (unpaired) electrons. The van der Waals surface area contributed by atoms with Gasteiger partial charge in [0.25, 0.3) is 5.91 Å². The number of aryl methyl sites for hydroxylation is 2. The van der Waals surface area contributed by atoms with Crippen molar-refractivity contribution in [2.45, 2.75) is 59.5 Å². The van der Waals surface area contributed by atoms with Crippen molar-refractivity contribution in [3.63, 3.8) is 0 Å². The summed E-state index contributed by atoms with van der Waals surface area (Å²) >= 11 is 0. The van der Waals surface area contributed by atoms with Crippen molar-refractivity contribution in [1.29, 1.82) is 0 Å². The van der Waals surface area contributed by atoms with Gasteiger partial charge in [-0.3, -0.25) is 9.59 Å². The zero-order chi connectivity index (χ0) is 20.8. The van der Waals surface area contributed by atoms with Crippen LogP contribution in [0.25, 0.3) is 11.0 Å². The van der Waals surface area contributed by atoms with Crippen molar-refractivity contribution in [3.05, 3.63) is 39.2 Å². The van der Waals surface area contributed by atoms with Gasteiger partial charge in [-0.05, 0) is 58.2 Å². The summed E-state index contributed by atoms with van der Waals surface area (Å²) in [6.45, 7) is 7.52. The van der Waals surface area contributed by atoms with Crippen LogP contribution in [0.3, 0.4) is 0 Å². The van der Waals surface area contributed by atoms with Gasteiger partial charge in [0.05, 0.1) is 0 Å². The molecule has 0 fully saturated rings. The highest BCUT2D eigenvalue weighted by atomic mass is 16.5. The monoisotopic (exact) mass is 389 g/mol. The lowest BCUT2D eigenvalue weighted by molar-refractivity contribution is -0.137. The molecule has 2 N–H and O–H groups in total. The molecule has 0 aliphatic carbocycles. The molecule has 1 aromatic heterocycles. The number of ether oxygens (including phenoxy) is 1. The molecule has 0 aliphatic rings. The molecule has 0 saturated heterocycles. The van der Waals surface area contributed by atoms with E-state index >= 15 is 0 Å². The molecule has 2 rings (SSSR count). The highest BCUT2D eigenvalue weighted by molar-refractivity contribution is 5.86. The van der Waals surface area contributed by atoms with Crippen LogP contribution in [0.5, 0.6) is 5.75 Å². The van der Waals surface area contributed by atoms with Gasteiger partial charge in [0, 0.05) is 29.5 Å². The zero-order valence-electron chi connectivity index (χ0n) is 16.8. The number of amides is 1. The van der Waals surface area contributed by atoms with Crippen LogP contribution in [-0.4, -0.2) is 29.6 Å². The van der Waals surface area contributed by atoms with Gasteiger partial charge in [0.15, 0.2) is 6.10 Å². The Morgan fingerprint density at radius 2 is 1.82 bits per heavy atom. The zero-order valence-corrected chi connectivity index (χ0v) is 16.8. The van der Waals surface area contributed by atoms with Crippen LogP contribution in [-0.2, 0) is 9.59 Å². The first-order chi connectivity index (χ1) is 13.2. The normalized spacial score (nSPS) is 12.0. The van der Waals surface area contributed by atoms with E-state index in [1.807, 2.05) is 13.0 Å². The molecule has 7 nitrogen and oxygen atoms in total. The lowest BCUT2D eigenvalue weighted by Gasteiger charge is -2.17. The maximum absolute atomic E-state index is 12.2. The van der Waals surface area contributed by atoms with E-state index in [0.29, 0.717) is 41.8 Å². The Kier molecular flexibility index (Phi) is 7.20.